The van der Waals surface area contributed by atoms with E-state index in [0.29, 0.717) is 17.9 Å². The topological polar surface area (TPSA) is 67.8 Å². The number of hydrogen-bond donors (Lipinski definition) is 1. The van der Waals surface area contributed by atoms with Gasteiger partial charge in [0, 0.05) is 0 Å². The van der Waals surface area contributed by atoms with E-state index in [1.165, 1.54) is 36.5 Å². The zero-order valence-corrected chi connectivity index (χ0v) is 12.7. The van der Waals surface area contributed by atoms with Crippen molar-refractivity contribution in [3.63, 3.8) is 0 Å². The van der Waals surface area contributed by atoms with Crippen molar-refractivity contribution in [3.8, 4) is 5.75 Å². The smallest absolute Gasteiger partial charge is 0.276 e. The molecule has 0 radical (unpaired) electrons. The van der Waals surface area contributed by atoms with E-state index in [1.807, 2.05) is 6.92 Å². The van der Waals surface area contributed by atoms with Gasteiger partial charge in [0.1, 0.15) is 11.6 Å². The lowest BCUT2D eigenvalue weighted by atomic mass is 10.2. The summed E-state index contributed by atoms with van der Waals surface area (Å²) in [4.78, 5) is 2.14. The molecule has 0 saturated heterocycles. The lowest BCUT2D eigenvalue weighted by Gasteiger charge is -2.05. The van der Waals surface area contributed by atoms with Gasteiger partial charge in [0.05, 0.1) is 17.7 Å². The number of rotatable bonds is 6. The summed E-state index contributed by atoms with van der Waals surface area (Å²) in [6, 6.07) is 11.6. The summed E-state index contributed by atoms with van der Waals surface area (Å²) in [5, 5.41) is 3.63. The summed E-state index contributed by atoms with van der Waals surface area (Å²) in [5.74, 6) is 0.169. The van der Waals surface area contributed by atoms with Gasteiger partial charge in [0.15, 0.2) is 0 Å². The summed E-state index contributed by atoms with van der Waals surface area (Å²) < 4.78 is 42.3. The predicted molar refractivity (Wildman–Crippen MR) is 81.9 cm³/mol. The molecule has 22 heavy (non-hydrogen) atoms. The van der Waals surface area contributed by atoms with Gasteiger partial charge in [-0.2, -0.15) is 13.5 Å². The van der Waals surface area contributed by atoms with Crippen LogP contribution in [0.4, 0.5) is 4.39 Å². The molecule has 0 saturated carbocycles. The maximum absolute atomic E-state index is 13.0. The van der Waals surface area contributed by atoms with Crippen LogP contribution in [0.25, 0.3) is 0 Å². The number of nitrogens with one attached hydrogen (secondary N) is 1. The zero-order chi connectivity index (χ0) is 16.0. The lowest BCUT2D eigenvalue weighted by Crippen LogP contribution is -2.18. The Morgan fingerprint density at radius 3 is 2.59 bits per heavy atom. The largest absolute Gasteiger partial charge is 0.494 e. The average Bonchev–Trinajstić information content (AvgIpc) is 2.48. The van der Waals surface area contributed by atoms with E-state index in [0.717, 1.165) is 0 Å². The number of sulfonamides is 1. The van der Waals surface area contributed by atoms with Gasteiger partial charge < -0.3 is 4.74 Å². The first-order valence-electron chi connectivity index (χ1n) is 6.54. The minimum absolute atomic E-state index is 0.0624. The molecule has 7 heteroatoms. The van der Waals surface area contributed by atoms with Crippen LogP contribution in [0.5, 0.6) is 5.75 Å². The van der Waals surface area contributed by atoms with E-state index in [2.05, 4.69) is 9.93 Å². The molecule has 2 aromatic carbocycles. The van der Waals surface area contributed by atoms with Crippen LogP contribution in [-0.4, -0.2) is 21.2 Å². The predicted octanol–water partition coefficient (Wildman–Crippen LogP) is 2.54. The van der Waals surface area contributed by atoms with Gasteiger partial charge in [-0.05, 0) is 48.9 Å². The second-order valence-electron chi connectivity index (χ2n) is 4.31. The van der Waals surface area contributed by atoms with Crippen LogP contribution in [0.1, 0.15) is 12.5 Å². The second-order valence-corrected chi connectivity index (χ2v) is 5.97. The van der Waals surface area contributed by atoms with Gasteiger partial charge in [-0.3, -0.25) is 0 Å². The SMILES string of the molecule is CCOc1ccc(S(=O)(=O)N/N=C/c2cccc(F)c2)cc1. The molecule has 0 aliphatic heterocycles. The van der Waals surface area contributed by atoms with Crippen LogP contribution in [0.3, 0.4) is 0 Å². The quantitative estimate of drug-likeness (QED) is 0.656. The highest BCUT2D eigenvalue weighted by Crippen LogP contribution is 2.15. The molecule has 5 nitrogen and oxygen atoms in total. The highest BCUT2D eigenvalue weighted by Gasteiger charge is 2.12. The van der Waals surface area contributed by atoms with Crippen LogP contribution in [-0.2, 0) is 10.0 Å². The van der Waals surface area contributed by atoms with Crippen molar-refractivity contribution in [1.82, 2.24) is 4.83 Å². The summed E-state index contributed by atoms with van der Waals surface area (Å²) >= 11 is 0. The van der Waals surface area contributed by atoms with Gasteiger partial charge in [-0.25, -0.2) is 9.22 Å². The third-order valence-electron chi connectivity index (χ3n) is 2.68. The van der Waals surface area contributed by atoms with Crippen molar-refractivity contribution < 1.29 is 17.5 Å². The van der Waals surface area contributed by atoms with Crippen molar-refractivity contribution >= 4 is 16.2 Å². The molecule has 1 N–H and O–H groups in total. The second kappa shape index (κ2) is 7.04. The molecule has 0 spiro atoms. The Kier molecular flexibility index (Phi) is 5.11. The van der Waals surface area contributed by atoms with Crippen molar-refractivity contribution in [2.24, 2.45) is 5.10 Å². The molecular formula is C15H15FN2O3S. The number of ether oxygens (including phenoxy) is 1. The van der Waals surface area contributed by atoms with Gasteiger partial charge in [0.2, 0.25) is 0 Å². The molecule has 0 atom stereocenters. The summed E-state index contributed by atoms with van der Waals surface area (Å²) in [6.07, 6.45) is 1.23. The summed E-state index contributed by atoms with van der Waals surface area (Å²) in [5.41, 5.74) is 0.453. The van der Waals surface area contributed by atoms with Crippen molar-refractivity contribution in [1.29, 1.82) is 0 Å². The van der Waals surface area contributed by atoms with Gasteiger partial charge in [0.25, 0.3) is 10.0 Å². The van der Waals surface area contributed by atoms with Crippen molar-refractivity contribution in [3.05, 3.63) is 59.9 Å². The molecule has 0 bridgehead atoms. The fourth-order valence-corrected chi connectivity index (χ4v) is 2.48. The molecule has 0 aromatic heterocycles. The minimum Gasteiger partial charge on any atom is -0.494 e. The van der Waals surface area contributed by atoms with Crippen LogP contribution in [0.15, 0.2) is 58.5 Å². The molecule has 0 amide bonds. The van der Waals surface area contributed by atoms with Crippen LogP contribution >= 0.6 is 0 Å². The maximum atomic E-state index is 13.0. The average molecular weight is 322 g/mol. The van der Waals surface area contributed by atoms with E-state index in [1.54, 1.807) is 18.2 Å². The Hall–Kier alpha value is -2.41. The van der Waals surface area contributed by atoms with E-state index in [-0.39, 0.29) is 4.90 Å². The summed E-state index contributed by atoms with van der Waals surface area (Å²) in [6.45, 7) is 2.34. The third kappa shape index (κ3) is 4.29. The van der Waals surface area contributed by atoms with Crippen LogP contribution in [0.2, 0.25) is 0 Å². The number of halogens is 1. The highest BCUT2D eigenvalue weighted by molar-refractivity contribution is 7.89. The molecule has 0 heterocycles. The number of benzene rings is 2. The zero-order valence-electron chi connectivity index (χ0n) is 11.9. The Labute approximate surface area is 128 Å². The highest BCUT2D eigenvalue weighted by atomic mass is 32.2. The number of hydrazone groups is 1. The Bertz CT molecular complexity index is 759. The van der Waals surface area contributed by atoms with Crippen molar-refractivity contribution in [2.45, 2.75) is 11.8 Å². The monoisotopic (exact) mass is 322 g/mol. The molecule has 116 valence electrons. The third-order valence-corrected chi connectivity index (χ3v) is 3.92. The van der Waals surface area contributed by atoms with E-state index in [9.17, 15) is 12.8 Å². The first-order valence-corrected chi connectivity index (χ1v) is 8.03. The van der Waals surface area contributed by atoms with Gasteiger partial charge in [-0.1, -0.05) is 12.1 Å². The van der Waals surface area contributed by atoms with E-state index >= 15 is 0 Å². The van der Waals surface area contributed by atoms with Crippen molar-refractivity contribution in [2.75, 3.05) is 6.61 Å². The molecule has 0 aliphatic rings. The minimum atomic E-state index is -3.77. The lowest BCUT2D eigenvalue weighted by molar-refractivity contribution is 0.340. The fraction of sp³-hybridized carbons (Fsp3) is 0.133. The fourth-order valence-electron chi connectivity index (χ4n) is 1.69. The van der Waals surface area contributed by atoms with Gasteiger partial charge in [-0.15, -0.1) is 0 Å². The van der Waals surface area contributed by atoms with Crippen LogP contribution in [0, 0.1) is 5.82 Å². The van der Waals surface area contributed by atoms with E-state index in [4.69, 9.17) is 4.74 Å². The maximum Gasteiger partial charge on any atom is 0.276 e. The Balaban J connectivity index is 2.07. The first kappa shape index (κ1) is 16.0. The first-order chi connectivity index (χ1) is 10.5. The number of hydrogen-bond acceptors (Lipinski definition) is 4. The Morgan fingerprint density at radius 2 is 1.95 bits per heavy atom. The molecule has 2 aromatic rings. The molecule has 2 rings (SSSR count). The Morgan fingerprint density at radius 1 is 1.23 bits per heavy atom. The summed E-state index contributed by atoms with van der Waals surface area (Å²) in [7, 11) is -3.77. The van der Waals surface area contributed by atoms with Gasteiger partial charge >= 0.3 is 0 Å². The molecular weight excluding hydrogens is 307 g/mol. The molecule has 0 aliphatic carbocycles. The normalized spacial score (nSPS) is 11.5. The number of nitrogens with zero attached hydrogens (tertiary/aromatic N) is 1. The van der Waals surface area contributed by atoms with E-state index < -0.39 is 15.8 Å². The molecule has 0 unspecified atom stereocenters. The molecule has 0 fully saturated rings. The standard InChI is InChI=1S/C15H15FN2O3S/c1-2-21-14-6-8-15(9-7-14)22(19,20)18-17-11-12-4-3-5-13(16)10-12/h3-11,18H,2H2,1H3/b17-11+. The van der Waals surface area contributed by atoms with Crippen LogP contribution < -0.4 is 9.57 Å².